The summed E-state index contributed by atoms with van der Waals surface area (Å²) in [6, 6.07) is 6.77. The Bertz CT molecular complexity index is 1270. The zero-order valence-electron chi connectivity index (χ0n) is 22.3. The Hall–Kier alpha value is -3.92. The first kappa shape index (κ1) is 29.6. The smallest absolute Gasteiger partial charge is 0.416 e. The lowest BCUT2D eigenvalue weighted by molar-refractivity contribution is -0.137. The number of hydrogen-bond donors (Lipinski definition) is 2. The van der Waals surface area contributed by atoms with E-state index in [0.29, 0.717) is 42.6 Å². The molecule has 39 heavy (non-hydrogen) atoms. The van der Waals surface area contributed by atoms with E-state index >= 15 is 0 Å². The maximum atomic E-state index is 12.7. The molecule has 3 aromatic rings. The Kier molecular flexibility index (Phi) is 10.4. The van der Waals surface area contributed by atoms with Crippen LogP contribution in [0.2, 0.25) is 0 Å². The molecule has 0 unspecified atom stereocenters. The largest absolute Gasteiger partial charge is 0.493 e. The fraction of sp³-hybridized carbons (Fsp3) is 0.345. The quantitative estimate of drug-likeness (QED) is 0.260. The summed E-state index contributed by atoms with van der Waals surface area (Å²) in [4.78, 5) is 6.30. The van der Waals surface area contributed by atoms with Crippen molar-refractivity contribution in [3.8, 4) is 11.5 Å². The van der Waals surface area contributed by atoms with Gasteiger partial charge in [0.2, 0.25) is 5.89 Å². The van der Waals surface area contributed by atoms with Crippen LogP contribution in [0.25, 0.3) is 12.2 Å². The average molecular weight is 546 g/mol. The minimum atomic E-state index is -4.37. The molecule has 0 atom stereocenters. The molecular weight excluding hydrogens is 511 g/mol. The summed E-state index contributed by atoms with van der Waals surface area (Å²) in [5, 5.41) is 9.14. The van der Waals surface area contributed by atoms with Crippen LogP contribution in [-0.4, -0.2) is 41.3 Å². The van der Waals surface area contributed by atoms with Crippen LogP contribution in [0.5, 0.6) is 11.5 Å². The number of ether oxygens (including phenoxy) is 2. The molecule has 3 rings (SSSR count). The van der Waals surface area contributed by atoms with Gasteiger partial charge in [-0.1, -0.05) is 12.1 Å². The van der Waals surface area contributed by atoms with E-state index in [-0.39, 0.29) is 13.2 Å². The first-order chi connectivity index (χ1) is 18.6. The highest BCUT2D eigenvalue weighted by Crippen LogP contribution is 2.34. The van der Waals surface area contributed by atoms with E-state index in [1.165, 1.54) is 24.6 Å². The van der Waals surface area contributed by atoms with E-state index in [9.17, 15) is 13.2 Å². The third kappa shape index (κ3) is 8.54. The molecule has 0 radical (unpaired) electrons. The number of nitrogens with zero attached hydrogens (tertiary/aromatic N) is 2. The number of oxazole rings is 1. The molecule has 0 spiro atoms. The predicted octanol–water partition coefficient (Wildman–Crippen LogP) is 5.86. The van der Waals surface area contributed by atoms with Crippen molar-refractivity contribution >= 4 is 12.2 Å². The van der Waals surface area contributed by atoms with Gasteiger partial charge in [0.05, 0.1) is 18.8 Å². The minimum Gasteiger partial charge on any atom is -0.493 e. The summed E-state index contributed by atoms with van der Waals surface area (Å²) in [6.45, 7) is 7.90. The van der Waals surface area contributed by atoms with Crippen molar-refractivity contribution in [3.63, 3.8) is 0 Å². The van der Waals surface area contributed by atoms with Gasteiger partial charge in [0.1, 0.15) is 30.1 Å². The summed E-state index contributed by atoms with van der Waals surface area (Å²) in [5.41, 5.74) is 8.81. The van der Waals surface area contributed by atoms with E-state index in [1.807, 2.05) is 31.7 Å². The SMILES string of the molecule is Cc1cc(OCc2coc(/C=C/c3ccc(C(F)(F)F)cc3)n2)c(C)c(C)c1OCCCN(/C=C\N)CCO. The van der Waals surface area contributed by atoms with E-state index in [1.54, 1.807) is 18.4 Å². The van der Waals surface area contributed by atoms with Crippen LogP contribution in [0.1, 0.15) is 45.8 Å². The number of benzene rings is 2. The first-order valence-corrected chi connectivity index (χ1v) is 12.5. The normalized spacial score (nSPS) is 12.0. The van der Waals surface area contributed by atoms with Crippen molar-refractivity contribution < 1.29 is 32.2 Å². The molecule has 2 aromatic carbocycles. The van der Waals surface area contributed by atoms with Crippen molar-refractivity contribution in [3.05, 3.63) is 88.4 Å². The highest BCUT2D eigenvalue weighted by Gasteiger charge is 2.29. The number of aromatic nitrogens is 1. The summed E-state index contributed by atoms with van der Waals surface area (Å²) in [6.07, 6.45) is 4.30. The molecule has 0 fully saturated rings. The lowest BCUT2D eigenvalue weighted by Crippen LogP contribution is -2.24. The number of hydrogen-bond acceptors (Lipinski definition) is 7. The number of nitrogens with two attached hydrogens (primary N) is 1. The number of aliphatic hydroxyl groups is 1. The van der Waals surface area contributed by atoms with E-state index in [0.717, 1.165) is 41.0 Å². The third-order valence-corrected chi connectivity index (χ3v) is 6.10. The second kappa shape index (κ2) is 13.7. The van der Waals surface area contributed by atoms with Gasteiger partial charge in [0.15, 0.2) is 0 Å². The standard InChI is InChI=1S/C29H34F3N3O4/c1-20-17-26(21(2)22(3)28(20)37-16-4-12-35(13-11-33)14-15-36)38-18-25-19-39-27(34-25)10-7-23-5-8-24(9-6-23)29(30,31)32/h5-11,13,17,19,36H,4,12,14-16,18,33H2,1-3H3/b10-7+,13-11-. The van der Waals surface area contributed by atoms with Crippen LogP contribution in [0.15, 0.2) is 53.4 Å². The van der Waals surface area contributed by atoms with Crippen molar-refractivity contribution in [1.29, 1.82) is 0 Å². The van der Waals surface area contributed by atoms with Gasteiger partial charge in [-0.15, -0.1) is 0 Å². The number of halogens is 3. The van der Waals surface area contributed by atoms with Gasteiger partial charge in [-0.05, 0) is 73.7 Å². The molecule has 0 aliphatic heterocycles. The topological polar surface area (TPSA) is 94.0 Å². The lowest BCUT2D eigenvalue weighted by atomic mass is 10.0. The van der Waals surface area contributed by atoms with Gasteiger partial charge in [-0.2, -0.15) is 13.2 Å². The van der Waals surface area contributed by atoms with Crippen molar-refractivity contribution in [2.75, 3.05) is 26.3 Å². The summed E-state index contributed by atoms with van der Waals surface area (Å²) in [7, 11) is 0. The summed E-state index contributed by atoms with van der Waals surface area (Å²) >= 11 is 0. The first-order valence-electron chi connectivity index (χ1n) is 12.5. The van der Waals surface area contributed by atoms with E-state index in [4.69, 9.17) is 24.7 Å². The molecule has 1 heterocycles. The maximum Gasteiger partial charge on any atom is 0.416 e. The Morgan fingerprint density at radius 1 is 1.05 bits per heavy atom. The second-order valence-corrected chi connectivity index (χ2v) is 8.99. The summed E-state index contributed by atoms with van der Waals surface area (Å²) in [5.74, 6) is 1.85. The van der Waals surface area contributed by atoms with Crippen molar-refractivity contribution in [2.24, 2.45) is 5.73 Å². The van der Waals surface area contributed by atoms with Crippen LogP contribution in [-0.2, 0) is 12.8 Å². The van der Waals surface area contributed by atoms with Crippen LogP contribution < -0.4 is 15.2 Å². The third-order valence-electron chi connectivity index (χ3n) is 6.10. The molecule has 0 saturated carbocycles. The molecule has 7 nitrogen and oxygen atoms in total. The van der Waals surface area contributed by atoms with Crippen LogP contribution >= 0.6 is 0 Å². The zero-order chi connectivity index (χ0) is 28.4. The molecule has 0 saturated heterocycles. The molecule has 210 valence electrons. The number of aryl methyl sites for hydroxylation is 1. The number of rotatable bonds is 13. The van der Waals surface area contributed by atoms with Gasteiger partial charge in [0, 0.05) is 31.6 Å². The fourth-order valence-electron chi connectivity index (χ4n) is 3.91. The molecule has 3 N–H and O–H groups in total. The Balaban J connectivity index is 1.56. The number of aliphatic hydroxyl groups excluding tert-OH is 1. The molecule has 10 heteroatoms. The molecule has 0 aliphatic carbocycles. The minimum absolute atomic E-state index is 0.0547. The predicted molar refractivity (Wildman–Crippen MR) is 144 cm³/mol. The fourth-order valence-corrected chi connectivity index (χ4v) is 3.91. The van der Waals surface area contributed by atoms with Crippen LogP contribution in [0.3, 0.4) is 0 Å². The maximum absolute atomic E-state index is 12.7. The lowest BCUT2D eigenvalue weighted by Gasteiger charge is -2.20. The average Bonchev–Trinajstić information content (AvgIpc) is 3.36. The zero-order valence-corrected chi connectivity index (χ0v) is 22.3. The Morgan fingerprint density at radius 3 is 2.46 bits per heavy atom. The van der Waals surface area contributed by atoms with Crippen molar-refractivity contribution in [1.82, 2.24) is 9.88 Å². The van der Waals surface area contributed by atoms with Crippen LogP contribution in [0, 0.1) is 20.8 Å². The van der Waals surface area contributed by atoms with E-state index in [2.05, 4.69) is 4.98 Å². The van der Waals surface area contributed by atoms with Gasteiger partial charge >= 0.3 is 6.18 Å². The highest BCUT2D eigenvalue weighted by molar-refractivity contribution is 5.66. The molecule has 0 aliphatic rings. The second-order valence-electron chi connectivity index (χ2n) is 8.99. The van der Waals surface area contributed by atoms with Gasteiger partial charge in [-0.25, -0.2) is 4.98 Å². The summed E-state index contributed by atoms with van der Waals surface area (Å²) < 4.78 is 55.7. The number of alkyl halides is 3. The van der Waals surface area contributed by atoms with E-state index < -0.39 is 11.7 Å². The molecule has 1 aromatic heterocycles. The molecular formula is C29H34F3N3O4. The molecule has 0 bridgehead atoms. The Labute approximate surface area is 226 Å². The van der Waals surface area contributed by atoms with Gasteiger partial charge < -0.3 is 29.6 Å². The monoisotopic (exact) mass is 545 g/mol. The van der Waals surface area contributed by atoms with Crippen molar-refractivity contribution in [2.45, 2.75) is 40.0 Å². The van der Waals surface area contributed by atoms with Gasteiger partial charge in [0.25, 0.3) is 0 Å². The highest BCUT2D eigenvalue weighted by atomic mass is 19.4. The van der Waals surface area contributed by atoms with Gasteiger partial charge in [-0.3, -0.25) is 0 Å². The Morgan fingerprint density at radius 2 is 1.79 bits per heavy atom. The molecule has 0 amide bonds. The van der Waals surface area contributed by atoms with Crippen LogP contribution in [0.4, 0.5) is 13.2 Å².